The van der Waals surface area contributed by atoms with E-state index in [-0.39, 0.29) is 24.0 Å². The van der Waals surface area contributed by atoms with E-state index >= 15 is 0 Å². The second-order valence-electron chi connectivity index (χ2n) is 7.91. The van der Waals surface area contributed by atoms with Crippen molar-refractivity contribution in [2.24, 2.45) is 0 Å². The molecule has 11 heteroatoms. The van der Waals surface area contributed by atoms with E-state index in [1.807, 2.05) is 6.07 Å². The first-order valence-corrected chi connectivity index (χ1v) is 12.0. The third-order valence-corrected chi connectivity index (χ3v) is 7.04. The van der Waals surface area contributed by atoms with E-state index in [0.29, 0.717) is 30.9 Å². The maximum atomic E-state index is 13.4. The number of amides is 1. The molecule has 2 aliphatic rings. The van der Waals surface area contributed by atoms with E-state index in [2.05, 4.69) is 10.0 Å². The average Bonchev–Trinajstić information content (AvgIpc) is 3.26. The Morgan fingerprint density at radius 2 is 1.94 bits per heavy atom. The monoisotopic (exact) mass is 480 g/mol. The van der Waals surface area contributed by atoms with Gasteiger partial charge in [0.2, 0.25) is 22.7 Å². The predicted molar refractivity (Wildman–Crippen MR) is 115 cm³/mol. The number of aliphatic hydroxyl groups excluding tert-OH is 1. The number of carbonyl (C=O) groups excluding carboxylic acids is 1. The number of halogens is 1. The van der Waals surface area contributed by atoms with Crippen LogP contribution in [0.15, 0.2) is 47.4 Å². The van der Waals surface area contributed by atoms with Crippen LogP contribution in [0.4, 0.5) is 4.39 Å². The number of hydrogen-bond donors (Lipinski definition) is 3. The number of carbonyl (C=O) groups is 1. The summed E-state index contributed by atoms with van der Waals surface area (Å²) in [6.07, 6.45) is -0.434. The van der Waals surface area contributed by atoms with Gasteiger partial charge in [0.1, 0.15) is 5.82 Å². The van der Waals surface area contributed by atoms with Gasteiger partial charge < -0.3 is 24.6 Å². The molecule has 0 radical (unpaired) electrons. The van der Waals surface area contributed by atoms with Gasteiger partial charge in [-0.15, -0.1) is 0 Å². The highest BCUT2D eigenvalue weighted by Gasteiger charge is 2.34. The molecule has 2 aliphatic heterocycles. The lowest BCUT2D eigenvalue weighted by atomic mass is 9.98. The molecule has 33 heavy (non-hydrogen) atoms. The molecule has 0 spiro atoms. The van der Waals surface area contributed by atoms with Crippen molar-refractivity contribution in [2.75, 3.05) is 13.4 Å². The molecule has 1 fully saturated rings. The van der Waals surface area contributed by atoms with Crippen LogP contribution in [-0.4, -0.2) is 51.1 Å². The second kappa shape index (κ2) is 10.0. The quantitative estimate of drug-likeness (QED) is 0.523. The molecule has 0 bridgehead atoms. The van der Waals surface area contributed by atoms with Crippen LogP contribution in [0.1, 0.15) is 24.8 Å². The fourth-order valence-electron chi connectivity index (χ4n) is 3.85. The predicted octanol–water partition coefficient (Wildman–Crippen LogP) is 1.45. The summed E-state index contributed by atoms with van der Waals surface area (Å²) >= 11 is 0. The van der Waals surface area contributed by atoms with Gasteiger partial charge >= 0.3 is 0 Å². The van der Waals surface area contributed by atoms with Crippen LogP contribution >= 0.6 is 0 Å². The number of aliphatic hydroxyl groups is 1. The van der Waals surface area contributed by atoms with Crippen molar-refractivity contribution in [3.8, 4) is 11.5 Å². The van der Waals surface area contributed by atoms with Crippen LogP contribution < -0.4 is 19.5 Å². The van der Waals surface area contributed by atoms with Gasteiger partial charge in [0.05, 0.1) is 36.2 Å². The fraction of sp³-hybridized carbons (Fsp3) is 0.409. The topological polar surface area (TPSA) is 123 Å². The Hall–Kier alpha value is -2.73. The van der Waals surface area contributed by atoms with E-state index in [1.165, 1.54) is 12.1 Å². The Morgan fingerprint density at radius 1 is 1.12 bits per heavy atom. The Kier molecular flexibility index (Phi) is 7.13. The highest BCUT2D eigenvalue weighted by molar-refractivity contribution is 7.89. The van der Waals surface area contributed by atoms with Crippen molar-refractivity contribution >= 4 is 15.9 Å². The highest BCUT2D eigenvalue weighted by Crippen LogP contribution is 2.32. The van der Waals surface area contributed by atoms with Crippen LogP contribution in [0.3, 0.4) is 0 Å². The lowest BCUT2D eigenvalue weighted by Crippen LogP contribution is -2.51. The minimum absolute atomic E-state index is 0.0738. The largest absolute Gasteiger partial charge is 0.454 e. The van der Waals surface area contributed by atoms with E-state index in [1.54, 1.807) is 12.1 Å². The molecule has 0 aromatic heterocycles. The normalized spacial score (nSPS) is 22.2. The van der Waals surface area contributed by atoms with Gasteiger partial charge in [0, 0.05) is 6.54 Å². The number of nitrogens with one attached hydrogen (secondary N) is 2. The molecule has 2 aromatic rings. The van der Waals surface area contributed by atoms with Gasteiger partial charge in [-0.1, -0.05) is 12.1 Å². The number of ether oxygens (including phenoxy) is 3. The summed E-state index contributed by atoms with van der Waals surface area (Å²) in [6, 6.07) is 9.40. The SMILES string of the molecule is O=C(C[C@@H]1CC[C@H](NS(=O)(=O)c2cccc(F)c2)[C@@H](CO)O1)NCc1ccc2c(c1)OCO2. The number of rotatable bonds is 8. The second-order valence-corrected chi connectivity index (χ2v) is 9.62. The van der Waals surface area contributed by atoms with E-state index in [9.17, 15) is 22.7 Å². The average molecular weight is 481 g/mol. The molecule has 9 nitrogen and oxygen atoms in total. The summed E-state index contributed by atoms with van der Waals surface area (Å²) in [5.74, 6) is 0.407. The lowest BCUT2D eigenvalue weighted by Gasteiger charge is -2.35. The molecule has 1 amide bonds. The molecule has 178 valence electrons. The zero-order valence-corrected chi connectivity index (χ0v) is 18.5. The van der Waals surface area contributed by atoms with Crippen molar-refractivity contribution in [2.45, 2.75) is 49.0 Å². The van der Waals surface area contributed by atoms with Crippen LogP contribution in [0.25, 0.3) is 0 Å². The first-order chi connectivity index (χ1) is 15.8. The molecule has 3 atom stereocenters. The van der Waals surface area contributed by atoms with Crippen LogP contribution in [0.5, 0.6) is 11.5 Å². The Labute approximate surface area is 190 Å². The van der Waals surface area contributed by atoms with Gasteiger partial charge in [0.25, 0.3) is 0 Å². The van der Waals surface area contributed by atoms with E-state index in [0.717, 1.165) is 17.7 Å². The summed E-state index contributed by atoms with van der Waals surface area (Å²) in [7, 11) is -3.99. The number of fused-ring (bicyclic) bond motifs is 1. The lowest BCUT2D eigenvalue weighted by molar-refractivity contribution is -0.130. The minimum atomic E-state index is -3.99. The molecule has 2 aromatic carbocycles. The molecular weight excluding hydrogens is 455 g/mol. The van der Waals surface area contributed by atoms with Crippen molar-refractivity contribution < 1.29 is 36.9 Å². The Bertz CT molecular complexity index is 1110. The number of hydrogen-bond acceptors (Lipinski definition) is 7. The highest BCUT2D eigenvalue weighted by atomic mass is 32.2. The van der Waals surface area contributed by atoms with Crippen LogP contribution in [0.2, 0.25) is 0 Å². The molecule has 3 N–H and O–H groups in total. The summed E-state index contributed by atoms with van der Waals surface area (Å²) in [5, 5.41) is 12.5. The first-order valence-electron chi connectivity index (χ1n) is 10.5. The molecule has 2 heterocycles. The maximum Gasteiger partial charge on any atom is 0.241 e. The van der Waals surface area contributed by atoms with Crippen LogP contribution in [0, 0.1) is 5.82 Å². The molecule has 0 aliphatic carbocycles. The van der Waals surface area contributed by atoms with Crippen molar-refractivity contribution in [1.29, 1.82) is 0 Å². The Morgan fingerprint density at radius 3 is 2.73 bits per heavy atom. The fourth-order valence-corrected chi connectivity index (χ4v) is 5.18. The van der Waals surface area contributed by atoms with Gasteiger partial charge in [-0.05, 0) is 48.7 Å². The molecule has 4 rings (SSSR count). The smallest absolute Gasteiger partial charge is 0.241 e. The standard InChI is InChI=1S/C22H25FN2O7S/c23-15-2-1-3-17(9-15)33(28,29)25-18-6-5-16(32-21(18)12-26)10-22(27)24-11-14-4-7-19-20(8-14)31-13-30-19/h1-4,7-9,16,18,21,25-26H,5-6,10-13H2,(H,24,27)/t16-,18-,21+/m0/s1. The van der Waals surface area contributed by atoms with Gasteiger partial charge in [-0.25, -0.2) is 17.5 Å². The first kappa shape index (κ1) is 23.4. The zero-order chi connectivity index (χ0) is 23.4. The number of sulfonamides is 1. The molecular formula is C22H25FN2O7S. The van der Waals surface area contributed by atoms with E-state index in [4.69, 9.17) is 14.2 Å². The van der Waals surface area contributed by atoms with Gasteiger partial charge in [0.15, 0.2) is 11.5 Å². The summed E-state index contributed by atoms with van der Waals surface area (Å²) in [6.45, 7) is 0.0584. The van der Waals surface area contributed by atoms with Gasteiger partial charge in [-0.2, -0.15) is 0 Å². The van der Waals surface area contributed by atoms with E-state index < -0.39 is 40.7 Å². The minimum Gasteiger partial charge on any atom is -0.454 e. The molecule has 0 unspecified atom stereocenters. The van der Waals surface area contributed by atoms with Crippen molar-refractivity contribution in [3.63, 3.8) is 0 Å². The van der Waals surface area contributed by atoms with Gasteiger partial charge in [-0.3, -0.25) is 4.79 Å². The maximum absolute atomic E-state index is 13.4. The van der Waals surface area contributed by atoms with Crippen LogP contribution in [-0.2, 0) is 26.1 Å². The summed E-state index contributed by atoms with van der Waals surface area (Å²) < 4.78 is 57.4. The third-order valence-electron chi connectivity index (χ3n) is 5.55. The van der Waals surface area contributed by atoms with Crippen molar-refractivity contribution in [3.05, 3.63) is 53.8 Å². The molecule has 0 saturated carbocycles. The summed E-state index contributed by atoms with van der Waals surface area (Å²) in [5.41, 5.74) is 0.859. The van der Waals surface area contributed by atoms with Crippen molar-refractivity contribution in [1.82, 2.24) is 10.0 Å². The number of benzene rings is 2. The Balaban J connectivity index is 1.28. The molecule has 1 saturated heterocycles. The third kappa shape index (κ3) is 5.80. The zero-order valence-electron chi connectivity index (χ0n) is 17.7. The summed E-state index contributed by atoms with van der Waals surface area (Å²) in [4.78, 5) is 12.2.